The van der Waals surface area contributed by atoms with Crippen LogP contribution in [0, 0.1) is 0 Å². The molecule has 5 heteroatoms. The molecule has 0 aromatic heterocycles. The number of nitrogens with zero attached hydrogens (tertiary/aromatic N) is 2. The Morgan fingerprint density at radius 1 is 1.50 bits per heavy atom. The van der Waals surface area contributed by atoms with Gasteiger partial charge in [-0.05, 0) is 0 Å². The van der Waals surface area contributed by atoms with Gasteiger partial charge in [-0.3, -0.25) is 0 Å². The second-order valence-corrected chi connectivity index (χ2v) is 9.93. The van der Waals surface area contributed by atoms with E-state index in [0.29, 0.717) is 0 Å². The fourth-order valence-electron chi connectivity index (χ4n) is 0.346. The number of hydrogen-bond acceptors (Lipinski definition) is 4. The first-order valence-electron chi connectivity index (χ1n) is 2.32. The summed E-state index contributed by atoms with van der Waals surface area (Å²) in [6, 6.07) is 0. The van der Waals surface area contributed by atoms with Crippen molar-refractivity contribution >= 4 is 40.6 Å². The van der Waals surface area contributed by atoms with E-state index in [0.717, 1.165) is 0 Å². The summed E-state index contributed by atoms with van der Waals surface area (Å²) in [7, 11) is 4.12. The van der Waals surface area contributed by atoms with Gasteiger partial charge in [0.15, 0.2) is 0 Å². The van der Waals surface area contributed by atoms with E-state index in [2.05, 4.69) is 29.4 Å². The van der Waals surface area contributed by atoms with Crippen LogP contribution in [0.1, 0.15) is 0 Å². The first-order valence-corrected chi connectivity index (χ1v) is 6.55. The van der Waals surface area contributed by atoms with Gasteiger partial charge in [-0.25, -0.2) is 0 Å². The van der Waals surface area contributed by atoms with Gasteiger partial charge in [-0.1, -0.05) is 0 Å². The maximum atomic E-state index is 4.15. The molecule has 0 N–H and O–H groups in total. The van der Waals surface area contributed by atoms with Crippen molar-refractivity contribution in [3.05, 3.63) is 0 Å². The Balaban J connectivity index is 3.10. The van der Waals surface area contributed by atoms with Crippen molar-refractivity contribution in [2.75, 3.05) is 20.4 Å². The van der Waals surface area contributed by atoms with Crippen LogP contribution in [0.25, 0.3) is 0 Å². The standard InChI is InChI=1S/C3H12GeN2S2/c1-5(7)4-6(2)8-3/h7H,4H2,1-3H3. The van der Waals surface area contributed by atoms with Gasteiger partial charge in [-0.15, -0.1) is 0 Å². The van der Waals surface area contributed by atoms with E-state index < -0.39 is 15.9 Å². The molecule has 0 aliphatic heterocycles. The van der Waals surface area contributed by atoms with Crippen LogP contribution in [0.3, 0.4) is 0 Å². The first kappa shape index (κ1) is 9.16. The van der Waals surface area contributed by atoms with Crippen molar-refractivity contribution in [1.29, 1.82) is 0 Å². The van der Waals surface area contributed by atoms with E-state index in [1.807, 2.05) is 10.3 Å². The van der Waals surface area contributed by atoms with E-state index >= 15 is 0 Å². The third kappa shape index (κ3) is 5.30. The summed E-state index contributed by atoms with van der Waals surface area (Å²) < 4.78 is 4.30. The summed E-state index contributed by atoms with van der Waals surface area (Å²) in [5.74, 6) is 0. The zero-order valence-corrected chi connectivity index (χ0v) is 10.1. The number of rotatable bonds is 3. The molecule has 0 fully saturated rings. The van der Waals surface area contributed by atoms with E-state index in [-0.39, 0.29) is 0 Å². The monoisotopic (exact) mass is 214 g/mol. The Bertz CT molecular complexity index is 61.2. The maximum absolute atomic E-state index is 4.15. The molecule has 0 amide bonds. The molecule has 8 heavy (non-hydrogen) atoms. The number of thiol groups is 1. The minimum absolute atomic E-state index is 0.626. The predicted molar refractivity (Wildman–Crippen MR) is 46.6 cm³/mol. The van der Waals surface area contributed by atoms with Gasteiger partial charge in [0.25, 0.3) is 0 Å². The van der Waals surface area contributed by atoms with E-state index in [4.69, 9.17) is 0 Å². The summed E-state index contributed by atoms with van der Waals surface area (Å²) in [5.41, 5.74) is 0. The quantitative estimate of drug-likeness (QED) is 0.399. The Kier molecular flexibility index (Phi) is 5.71. The SMILES string of the molecule is CS[N](C)[GeH2][N](C)S. The van der Waals surface area contributed by atoms with E-state index in [1.54, 1.807) is 11.9 Å². The molecule has 0 saturated carbocycles. The van der Waals surface area contributed by atoms with E-state index in [1.165, 1.54) is 0 Å². The van der Waals surface area contributed by atoms with Crippen LogP contribution in [0.5, 0.6) is 0 Å². The summed E-state index contributed by atoms with van der Waals surface area (Å²) in [6.07, 6.45) is 2.09. The molecule has 2 nitrogen and oxygen atoms in total. The summed E-state index contributed by atoms with van der Waals surface area (Å²) in [4.78, 5) is 0. The van der Waals surface area contributed by atoms with Crippen LogP contribution in [-0.2, 0) is 0 Å². The molecule has 0 spiro atoms. The molecule has 0 radical (unpaired) electrons. The van der Waals surface area contributed by atoms with Gasteiger partial charge in [0.05, 0.1) is 0 Å². The van der Waals surface area contributed by atoms with Gasteiger partial charge in [0, 0.05) is 0 Å². The second kappa shape index (κ2) is 4.99. The zero-order valence-electron chi connectivity index (χ0n) is 5.46. The molecule has 0 bridgehead atoms. The Morgan fingerprint density at radius 3 is 2.12 bits per heavy atom. The van der Waals surface area contributed by atoms with Gasteiger partial charge < -0.3 is 0 Å². The van der Waals surface area contributed by atoms with Crippen molar-refractivity contribution < 1.29 is 0 Å². The fraction of sp³-hybridized carbons (Fsp3) is 1.00. The van der Waals surface area contributed by atoms with Crippen LogP contribution in [-0.4, -0.2) is 42.8 Å². The molecule has 50 valence electrons. The van der Waals surface area contributed by atoms with Gasteiger partial charge in [-0.2, -0.15) is 0 Å². The van der Waals surface area contributed by atoms with Crippen molar-refractivity contribution in [2.45, 2.75) is 0 Å². The molecule has 0 heterocycles. The van der Waals surface area contributed by atoms with Crippen LogP contribution in [0.4, 0.5) is 0 Å². The molecule has 0 saturated heterocycles. The van der Waals surface area contributed by atoms with Crippen LogP contribution < -0.4 is 0 Å². The van der Waals surface area contributed by atoms with Crippen LogP contribution in [0.15, 0.2) is 0 Å². The first-order chi connectivity index (χ1) is 3.66. The average molecular weight is 213 g/mol. The third-order valence-electron chi connectivity index (χ3n) is 0.715. The van der Waals surface area contributed by atoms with Crippen LogP contribution in [0.2, 0.25) is 0 Å². The zero-order chi connectivity index (χ0) is 6.57. The minimum atomic E-state index is -0.626. The molecule has 0 unspecified atom stereocenters. The summed E-state index contributed by atoms with van der Waals surface area (Å²) >= 11 is 5.31. The van der Waals surface area contributed by atoms with Crippen LogP contribution >= 0.6 is 24.8 Å². The van der Waals surface area contributed by atoms with E-state index in [9.17, 15) is 0 Å². The van der Waals surface area contributed by atoms with Gasteiger partial charge in [0.1, 0.15) is 0 Å². The Hall–Kier alpha value is 1.16. The van der Waals surface area contributed by atoms with Crippen molar-refractivity contribution in [1.82, 2.24) is 6.52 Å². The predicted octanol–water partition coefficient (Wildman–Crippen LogP) is -0.0284. The van der Waals surface area contributed by atoms with Crippen molar-refractivity contribution in [2.24, 2.45) is 0 Å². The van der Waals surface area contributed by atoms with Crippen molar-refractivity contribution in [3.63, 3.8) is 0 Å². The molecule has 0 aliphatic carbocycles. The van der Waals surface area contributed by atoms with Gasteiger partial charge in [0.2, 0.25) is 0 Å². The Labute approximate surface area is 67.6 Å². The average Bonchev–Trinajstić information content (AvgIpc) is 1.65. The third-order valence-corrected chi connectivity index (χ3v) is 5.92. The second-order valence-electron chi connectivity index (χ2n) is 1.61. The topological polar surface area (TPSA) is 6.48 Å². The van der Waals surface area contributed by atoms with Gasteiger partial charge >= 0.3 is 67.5 Å². The molecular weight excluding hydrogens is 201 g/mol. The molecular formula is C3H12GeN2S2. The summed E-state index contributed by atoms with van der Waals surface area (Å²) in [6.45, 7) is 0. The molecule has 0 atom stereocenters. The molecule has 0 aliphatic rings. The molecule has 0 aromatic rings. The molecule has 0 rings (SSSR count). The molecule has 0 aromatic carbocycles. The summed E-state index contributed by atoms with van der Waals surface area (Å²) in [5, 5.41) is 0. The normalized spacial score (nSPS) is 12.8. The fourth-order valence-corrected chi connectivity index (χ4v) is 4.73. The van der Waals surface area contributed by atoms with Crippen molar-refractivity contribution in [3.8, 4) is 0 Å². The Morgan fingerprint density at radius 2 is 2.00 bits per heavy atom. The number of hydrogen-bond donors (Lipinski definition) is 1.